The zero-order valence-corrected chi connectivity index (χ0v) is 16.1. The van der Waals surface area contributed by atoms with Crippen LogP contribution in [0.3, 0.4) is 0 Å². The molecule has 3 N–H and O–H groups in total. The maximum Gasteiger partial charge on any atom is 0.273 e. The summed E-state index contributed by atoms with van der Waals surface area (Å²) in [6, 6.07) is 13.4. The highest BCUT2D eigenvalue weighted by molar-refractivity contribution is 6.00. The molecule has 3 aromatic rings. The average Bonchev–Trinajstić information content (AvgIpc) is 3.25. The zero-order valence-electron chi connectivity index (χ0n) is 16.1. The van der Waals surface area contributed by atoms with E-state index in [0.717, 1.165) is 5.56 Å². The van der Waals surface area contributed by atoms with Crippen LogP contribution in [0.1, 0.15) is 41.0 Å². The molecule has 0 fully saturated rings. The predicted octanol–water partition coefficient (Wildman–Crippen LogP) is 3.46. The number of benzene rings is 2. The lowest BCUT2D eigenvalue weighted by atomic mass is 9.95. The quantitative estimate of drug-likeness (QED) is 0.534. The van der Waals surface area contributed by atoms with Gasteiger partial charge in [-0.15, -0.1) is 0 Å². The first-order valence-corrected chi connectivity index (χ1v) is 9.66. The zero-order chi connectivity index (χ0) is 20.4. The summed E-state index contributed by atoms with van der Waals surface area (Å²) in [5, 5.41) is 27.6. The number of nitrogens with one attached hydrogen (secondary N) is 1. The number of phenolic OH excluding ortho intramolecular Hbond substituents is 2. The number of aromatic hydroxyl groups is 2. The summed E-state index contributed by atoms with van der Waals surface area (Å²) in [5.41, 5.74) is 2.99. The van der Waals surface area contributed by atoms with Crippen LogP contribution < -0.4 is 0 Å². The molecule has 150 valence electrons. The van der Waals surface area contributed by atoms with Crippen molar-refractivity contribution in [1.29, 1.82) is 0 Å². The van der Waals surface area contributed by atoms with Gasteiger partial charge >= 0.3 is 0 Å². The molecular formula is C22H23N3O4. The van der Waals surface area contributed by atoms with E-state index in [2.05, 4.69) is 10.2 Å². The van der Waals surface area contributed by atoms with Gasteiger partial charge in [-0.1, -0.05) is 24.3 Å². The van der Waals surface area contributed by atoms with E-state index in [-0.39, 0.29) is 17.4 Å². The number of ether oxygens (including phenoxy) is 1. The number of hydrogen-bond donors (Lipinski definition) is 3. The Morgan fingerprint density at radius 2 is 2.00 bits per heavy atom. The fraction of sp³-hybridized carbons (Fsp3) is 0.273. The molecule has 7 nitrogen and oxygen atoms in total. The van der Waals surface area contributed by atoms with Crippen molar-refractivity contribution >= 4 is 5.91 Å². The molecule has 29 heavy (non-hydrogen) atoms. The van der Waals surface area contributed by atoms with Crippen molar-refractivity contribution in [2.24, 2.45) is 0 Å². The Hall–Kier alpha value is -3.32. The fourth-order valence-electron chi connectivity index (χ4n) is 3.83. The van der Waals surface area contributed by atoms with E-state index in [0.29, 0.717) is 48.7 Å². The number of phenols is 2. The summed E-state index contributed by atoms with van der Waals surface area (Å²) in [6.07, 6.45) is 0.693. The number of para-hydroxylation sites is 1. The summed E-state index contributed by atoms with van der Waals surface area (Å²) in [6.45, 7) is 3.63. The summed E-state index contributed by atoms with van der Waals surface area (Å²) < 4.78 is 5.42. The first-order chi connectivity index (χ1) is 14.1. The van der Waals surface area contributed by atoms with Gasteiger partial charge in [0.2, 0.25) is 0 Å². The van der Waals surface area contributed by atoms with E-state index in [9.17, 15) is 15.0 Å². The highest BCUT2D eigenvalue weighted by Crippen LogP contribution is 2.44. The molecule has 0 saturated heterocycles. The molecule has 2 heterocycles. The summed E-state index contributed by atoms with van der Waals surface area (Å²) >= 11 is 0. The predicted molar refractivity (Wildman–Crippen MR) is 108 cm³/mol. The number of carbonyl (C=O) groups is 1. The van der Waals surface area contributed by atoms with Gasteiger partial charge in [-0.05, 0) is 43.2 Å². The van der Waals surface area contributed by atoms with Crippen molar-refractivity contribution in [3.63, 3.8) is 0 Å². The van der Waals surface area contributed by atoms with Crippen LogP contribution >= 0.6 is 0 Å². The molecule has 1 aliphatic rings. The topological polar surface area (TPSA) is 98.7 Å². The first kappa shape index (κ1) is 19.0. The van der Waals surface area contributed by atoms with E-state index in [1.807, 2.05) is 19.1 Å². The van der Waals surface area contributed by atoms with E-state index in [4.69, 9.17) is 4.74 Å². The van der Waals surface area contributed by atoms with Gasteiger partial charge in [-0.3, -0.25) is 9.89 Å². The number of H-pyrrole nitrogens is 1. The number of hydrogen-bond acceptors (Lipinski definition) is 5. The number of fused-ring (bicyclic) bond motifs is 1. The minimum Gasteiger partial charge on any atom is -0.508 e. The molecule has 1 aromatic heterocycles. The molecule has 1 atom stereocenters. The second kappa shape index (κ2) is 7.97. The van der Waals surface area contributed by atoms with Crippen LogP contribution in [0.2, 0.25) is 0 Å². The normalized spacial score (nSPS) is 15.7. The Labute approximate surface area is 168 Å². The largest absolute Gasteiger partial charge is 0.508 e. The van der Waals surface area contributed by atoms with Crippen molar-refractivity contribution in [1.82, 2.24) is 15.1 Å². The molecule has 0 bridgehead atoms. The lowest BCUT2D eigenvalue weighted by molar-refractivity contribution is 0.0710. The molecule has 0 unspecified atom stereocenters. The van der Waals surface area contributed by atoms with E-state index in [1.165, 1.54) is 0 Å². The van der Waals surface area contributed by atoms with Gasteiger partial charge in [-0.2, -0.15) is 5.10 Å². The van der Waals surface area contributed by atoms with Crippen molar-refractivity contribution in [2.75, 3.05) is 19.8 Å². The lowest BCUT2D eigenvalue weighted by Gasteiger charge is -2.26. The van der Waals surface area contributed by atoms with Gasteiger partial charge in [0.05, 0.1) is 6.04 Å². The first-order valence-electron chi connectivity index (χ1n) is 9.66. The minimum atomic E-state index is -0.417. The van der Waals surface area contributed by atoms with Crippen molar-refractivity contribution in [3.8, 4) is 22.8 Å². The van der Waals surface area contributed by atoms with Gasteiger partial charge < -0.3 is 19.8 Å². The van der Waals surface area contributed by atoms with Gasteiger partial charge in [0.15, 0.2) is 0 Å². The minimum absolute atomic E-state index is 0.0960. The summed E-state index contributed by atoms with van der Waals surface area (Å²) in [4.78, 5) is 14.9. The molecule has 0 radical (unpaired) electrons. The molecule has 7 heteroatoms. The van der Waals surface area contributed by atoms with Crippen LogP contribution in [0, 0.1) is 0 Å². The lowest BCUT2D eigenvalue weighted by Crippen LogP contribution is -2.31. The Kier molecular flexibility index (Phi) is 5.22. The van der Waals surface area contributed by atoms with Crippen molar-refractivity contribution < 1.29 is 19.7 Å². The standard InChI is InChI=1S/C22H23N3O4/c1-2-29-12-6-11-25-21(14-7-5-8-15(26)13-14)18-19(23-24-20(18)22(25)28)16-9-3-4-10-17(16)27/h3-5,7-10,13,21,26-27H,2,6,11-12H2,1H3,(H,23,24)/t21-/m1/s1. The number of aromatic nitrogens is 2. The molecular weight excluding hydrogens is 370 g/mol. The van der Waals surface area contributed by atoms with Crippen LogP contribution in [-0.4, -0.2) is 51.0 Å². The second-order valence-corrected chi connectivity index (χ2v) is 6.92. The maximum absolute atomic E-state index is 13.1. The third kappa shape index (κ3) is 3.45. The molecule has 0 aliphatic carbocycles. The fourth-order valence-corrected chi connectivity index (χ4v) is 3.83. The van der Waals surface area contributed by atoms with Crippen LogP contribution in [0.4, 0.5) is 0 Å². The maximum atomic E-state index is 13.1. The second-order valence-electron chi connectivity index (χ2n) is 6.92. The highest BCUT2D eigenvalue weighted by Gasteiger charge is 2.42. The molecule has 1 amide bonds. The van der Waals surface area contributed by atoms with Crippen molar-refractivity contribution in [3.05, 3.63) is 65.4 Å². The molecule has 2 aromatic carbocycles. The van der Waals surface area contributed by atoms with Gasteiger partial charge in [0, 0.05) is 30.9 Å². The van der Waals surface area contributed by atoms with Crippen LogP contribution in [0.15, 0.2) is 48.5 Å². The molecule has 0 spiro atoms. The summed E-state index contributed by atoms with van der Waals surface area (Å²) in [5.74, 6) is 0.0722. The Morgan fingerprint density at radius 3 is 2.76 bits per heavy atom. The smallest absolute Gasteiger partial charge is 0.273 e. The van der Waals surface area contributed by atoms with Gasteiger partial charge in [-0.25, -0.2) is 0 Å². The van der Waals surface area contributed by atoms with Gasteiger partial charge in [0.1, 0.15) is 22.9 Å². The number of aromatic amines is 1. The van der Waals surface area contributed by atoms with Crippen molar-refractivity contribution in [2.45, 2.75) is 19.4 Å². The third-order valence-electron chi connectivity index (χ3n) is 5.10. The third-order valence-corrected chi connectivity index (χ3v) is 5.10. The molecule has 1 aliphatic heterocycles. The molecule has 0 saturated carbocycles. The number of carbonyl (C=O) groups excluding carboxylic acids is 1. The molecule has 4 rings (SSSR count). The number of amides is 1. The monoisotopic (exact) mass is 393 g/mol. The van der Waals surface area contributed by atoms with Crippen LogP contribution in [0.25, 0.3) is 11.3 Å². The SMILES string of the molecule is CCOCCCN1C(=O)c2[nH]nc(-c3ccccc3O)c2[C@H]1c1cccc(O)c1. The number of nitrogens with zero attached hydrogens (tertiary/aromatic N) is 2. The van der Waals surface area contributed by atoms with Gasteiger partial charge in [0.25, 0.3) is 5.91 Å². The van der Waals surface area contributed by atoms with E-state index < -0.39 is 6.04 Å². The summed E-state index contributed by atoms with van der Waals surface area (Å²) in [7, 11) is 0. The van der Waals surface area contributed by atoms with E-state index in [1.54, 1.807) is 41.3 Å². The highest BCUT2D eigenvalue weighted by atomic mass is 16.5. The van der Waals surface area contributed by atoms with E-state index >= 15 is 0 Å². The Morgan fingerprint density at radius 1 is 1.17 bits per heavy atom. The Balaban J connectivity index is 1.79. The van der Waals surface area contributed by atoms with Crippen LogP contribution in [-0.2, 0) is 4.74 Å². The Bertz CT molecular complexity index is 1030. The average molecular weight is 393 g/mol. The number of rotatable bonds is 7. The van der Waals surface area contributed by atoms with Crippen LogP contribution in [0.5, 0.6) is 11.5 Å².